The Balaban J connectivity index is 1.97. The Morgan fingerprint density at radius 3 is 2.61 bits per heavy atom. The molecule has 1 unspecified atom stereocenters. The van der Waals surface area contributed by atoms with Crippen molar-refractivity contribution in [3.63, 3.8) is 0 Å². The van der Waals surface area contributed by atoms with Crippen LogP contribution in [-0.4, -0.2) is 11.9 Å². The largest absolute Gasteiger partial charge is 0.324 e. The van der Waals surface area contributed by atoms with E-state index in [0.717, 1.165) is 24.1 Å². The maximum Gasteiger partial charge on any atom is 0.241 e. The summed E-state index contributed by atoms with van der Waals surface area (Å²) in [7, 11) is 0. The Labute approximate surface area is 109 Å². The highest BCUT2D eigenvalue weighted by molar-refractivity contribution is 5.95. The van der Waals surface area contributed by atoms with Crippen molar-refractivity contribution in [1.82, 2.24) is 0 Å². The molecule has 0 spiro atoms. The second-order valence-electron chi connectivity index (χ2n) is 5.23. The van der Waals surface area contributed by atoms with E-state index in [-0.39, 0.29) is 11.9 Å². The zero-order valence-electron chi connectivity index (χ0n) is 11.0. The lowest BCUT2D eigenvalue weighted by atomic mass is 9.84. The van der Waals surface area contributed by atoms with Crippen molar-refractivity contribution in [2.45, 2.75) is 45.1 Å². The van der Waals surface area contributed by atoms with Gasteiger partial charge in [-0.25, -0.2) is 0 Å². The smallest absolute Gasteiger partial charge is 0.241 e. The highest BCUT2D eigenvalue weighted by atomic mass is 16.2. The topological polar surface area (TPSA) is 55.1 Å². The van der Waals surface area contributed by atoms with Crippen LogP contribution in [0.2, 0.25) is 0 Å². The normalized spacial score (nSPS) is 18.3. The number of rotatable bonds is 3. The van der Waals surface area contributed by atoms with Gasteiger partial charge in [-0.3, -0.25) is 4.79 Å². The van der Waals surface area contributed by atoms with Gasteiger partial charge >= 0.3 is 0 Å². The number of hydrogen-bond donors (Lipinski definition) is 2. The molecule has 98 valence electrons. The minimum absolute atomic E-state index is 0.0452. The molecule has 1 saturated carbocycles. The molecule has 1 fully saturated rings. The Kier molecular flexibility index (Phi) is 4.37. The van der Waals surface area contributed by atoms with Gasteiger partial charge in [-0.2, -0.15) is 0 Å². The van der Waals surface area contributed by atoms with E-state index < -0.39 is 0 Å². The number of hydrogen-bond acceptors (Lipinski definition) is 2. The highest BCUT2D eigenvalue weighted by Crippen LogP contribution is 2.26. The fraction of sp³-hybridized carbons (Fsp3) is 0.533. The van der Waals surface area contributed by atoms with Crippen LogP contribution < -0.4 is 11.1 Å². The molecule has 3 heteroatoms. The Hall–Kier alpha value is -1.35. The fourth-order valence-corrected chi connectivity index (χ4v) is 2.64. The molecular formula is C15H22N2O. The molecule has 2 rings (SSSR count). The number of anilines is 1. The third-order valence-electron chi connectivity index (χ3n) is 3.86. The number of carbonyl (C=O) groups excluding carboxylic acids is 1. The molecule has 3 N–H and O–H groups in total. The SMILES string of the molecule is Cc1ccccc1NC(=O)C(N)C1CCCCC1. The van der Waals surface area contributed by atoms with E-state index in [1.165, 1.54) is 19.3 Å². The van der Waals surface area contributed by atoms with E-state index in [4.69, 9.17) is 5.73 Å². The van der Waals surface area contributed by atoms with Gasteiger partial charge < -0.3 is 11.1 Å². The van der Waals surface area contributed by atoms with Gasteiger partial charge in [0.05, 0.1) is 6.04 Å². The van der Waals surface area contributed by atoms with Crippen LogP contribution >= 0.6 is 0 Å². The maximum atomic E-state index is 12.1. The molecule has 0 radical (unpaired) electrons. The molecule has 0 bridgehead atoms. The van der Waals surface area contributed by atoms with Crippen molar-refractivity contribution in [3.8, 4) is 0 Å². The molecule has 1 aliphatic carbocycles. The predicted molar refractivity (Wildman–Crippen MR) is 74.4 cm³/mol. The van der Waals surface area contributed by atoms with Crippen LogP contribution in [-0.2, 0) is 4.79 Å². The summed E-state index contributed by atoms with van der Waals surface area (Å²) in [6, 6.07) is 7.42. The van der Waals surface area contributed by atoms with Crippen molar-refractivity contribution in [2.75, 3.05) is 5.32 Å². The van der Waals surface area contributed by atoms with Gasteiger partial charge in [0.25, 0.3) is 0 Å². The molecule has 1 amide bonds. The van der Waals surface area contributed by atoms with Crippen LogP contribution in [0.5, 0.6) is 0 Å². The summed E-state index contributed by atoms with van der Waals surface area (Å²) >= 11 is 0. The first-order chi connectivity index (χ1) is 8.68. The molecule has 0 saturated heterocycles. The van der Waals surface area contributed by atoms with E-state index in [9.17, 15) is 4.79 Å². The molecule has 0 heterocycles. The van der Waals surface area contributed by atoms with E-state index in [1.54, 1.807) is 0 Å². The Bertz CT molecular complexity index is 411. The molecule has 18 heavy (non-hydrogen) atoms. The van der Waals surface area contributed by atoms with Crippen molar-refractivity contribution >= 4 is 11.6 Å². The fourth-order valence-electron chi connectivity index (χ4n) is 2.64. The number of nitrogens with two attached hydrogens (primary N) is 1. The van der Waals surface area contributed by atoms with Crippen LogP contribution in [0.25, 0.3) is 0 Å². The Morgan fingerprint density at radius 1 is 1.28 bits per heavy atom. The first-order valence-corrected chi connectivity index (χ1v) is 6.80. The van der Waals surface area contributed by atoms with Crippen molar-refractivity contribution in [3.05, 3.63) is 29.8 Å². The van der Waals surface area contributed by atoms with Gasteiger partial charge in [-0.05, 0) is 37.3 Å². The summed E-state index contributed by atoms with van der Waals surface area (Å²) in [5, 5.41) is 2.94. The number of nitrogens with one attached hydrogen (secondary N) is 1. The van der Waals surface area contributed by atoms with Gasteiger partial charge in [-0.1, -0.05) is 37.5 Å². The van der Waals surface area contributed by atoms with Gasteiger partial charge in [0, 0.05) is 5.69 Å². The third kappa shape index (κ3) is 3.10. The molecule has 1 aromatic rings. The monoisotopic (exact) mass is 246 g/mol. The molecule has 0 aliphatic heterocycles. The Morgan fingerprint density at radius 2 is 1.94 bits per heavy atom. The second kappa shape index (κ2) is 6.01. The summed E-state index contributed by atoms with van der Waals surface area (Å²) < 4.78 is 0. The molecule has 1 aliphatic rings. The number of amides is 1. The summed E-state index contributed by atoms with van der Waals surface area (Å²) in [6.07, 6.45) is 5.86. The third-order valence-corrected chi connectivity index (χ3v) is 3.86. The molecular weight excluding hydrogens is 224 g/mol. The van der Waals surface area contributed by atoms with Crippen molar-refractivity contribution < 1.29 is 4.79 Å². The van der Waals surface area contributed by atoms with Crippen LogP contribution in [0.1, 0.15) is 37.7 Å². The van der Waals surface area contributed by atoms with Gasteiger partial charge in [0.15, 0.2) is 0 Å². The summed E-state index contributed by atoms with van der Waals surface area (Å²) in [5.41, 5.74) is 8.02. The molecule has 1 aromatic carbocycles. The van der Waals surface area contributed by atoms with Gasteiger partial charge in [0.1, 0.15) is 0 Å². The average Bonchev–Trinajstić information content (AvgIpc) is 2.41. The second-order valence-corrected chi connectivity index (χ2v) is 5.23. The first kappa shape index (κ1) is 13.1. The summed E-state index contributed by atoms with van der Waals surface area (Å²) in [5.74, 6) is 0.305. The lowest BCUT2D eigenvalue weighted by Crippen LogP contribution is -2.42. The van der Waals surface area contributed by atoms with Crippen molar-refractivity contribution in [2.24, 2.45) is 11.7 Å². The quantitative estimate of drug-likeness (QED) is 0.861. The zero-order valence-corrected chi connectivity index (χ0v) is 11.0. The molecule has 3 nitrogen and oxygen atoms in total. The van der Waals surface area contributed by atoms with E-state index in [2.05, 4.69) is 5.32 Å². The number of para-hydroxylation sites is 1. The van der Waals surface area contributed by atoms with Crippen LogP contribution in [0.15, 0.2) is 24.3 Å². The standard InChI is InChI=1S/C15H22N2O/c1-11-7-5-6-10-13(11)17-15(18)14(16)12-8-3-2-4-9-12/h5-7,10,12,14H,2-4,8-9,16H2,1H3,(H,17,18). The first-order valence-electron chi connectivity index (χ1n) is 6.80. The molecule has 1 atom stereocenters. The number of benzene rings is 1. The van der Waals surface area contributed by atoms with Crippen LogP contribution in [0.4, 0.5) is 5.69 Å². The van der Waals surface area contributed by atoms with Gasteiger partial charge in [0.2, 0.25) is 5.91 Å². The summed E-state index contributed by atoms with van der Waals surface area (Å²) in [4.78, 5) is 12.1. The lowest BCUT2D eigenvalue weighted by Gasteiger charge is -2.26. The van der Waals surface area contributed by atoms with Crippen LogP contribution in [0.3, 0.4) is 0 Å². The zero-order chi connectivity index (χ0) is 13.0. The lowest BCUT2D eigenvalue weighted by molar-refractivity contribution is -0.118. The minimum atomic E-state index is -0.370. The molecule has 0 aromatic heterocycles. The minimum Gasteiger partial charge on any atom is -0.324 e. The maximum absolute atomic E-state index is 12.1. The van der Waals surface area contributed by atoms with E-state index >= 15 is 0 Å². The number of carbonyl (C=O) groups is 1. The van der Waals surface area contributed by atoms with E-state index in [0.29, 0.717) is 5.92 Å². The van der Waals surface area contributed by atoms with Crippen LogP contribution in [0, 0.1) is 12.8 Å². The predicted octanol–water partition coefficient (Wildman–Crippen LogP) is 2.84. The highest BCUT2D eigenvalue weighted by Gasteiger charge is 2.26. The number of aryl methyl sites for hydroxylation is 1. The van der Waals surface area contributed by atoms with Crippen molar-refractivity contribution in [1.29, 1.82) is 0 Å². The summed E-state index contributed by atoms with van der Waals surface area (Å²) in [6.45, 7) is 1.99. The van der Waals surface area contributed by atoms with Gasteiger partial charge in [-0.15, -0.1) is 0 Å². The average molecular weight is 246 g/mol. The van der Waals surface area contributed by atoms with E-state index in [1.807, 2.05) is 31.2 Å².